The summed E-state index contributed by atoms with van der Waals surface area (Å²) in [5.41, 5.74) is 3.25. The van der Waals surface area contributed by atoms with Crippen LogP contribution >= 0.6 is 0 Å². The summed E-state index contributed by atoms with van der Waals surface area (Å²) in [6.07, 6.45) is 10.9. The fourth-order valence-corrected chi connectivity index (χ4v) is 4.76. The molecule has 0 amide bonds. The number of aryl methyl sites for hydroxylation is 1. The van der Waals surface area contributed by atoms with Crippen LogP contribution in [0.2, 0.25) is 0 Å². The van der Waals surface area contributed by atoms with E-state index in [1.54, 1.807) is 36.4 Å². The van der Waals surface area contributed by atoms with Gasteiger partial charge in [-0.25, -0.2) is 8.42 Å². The average molecular weight is 479 g/mol. The zero-order valence-electron chi connectivity index (χ0n) is 19.3. The minimum Gasteiger partial charge on any atom is -0.457 e. The molecule has 0 saturated heterocycles. The Balaban J connectivity index is 1.51. The molecule has 0 saturated carbocycles. The van der Waals surface area contributed by atoms with E-state index in [2.05, 4.69) is 11.8 Å². The molecule has 5 heteroatoms. The highest BCUT2D eigenvalue weighted by atomic mass is 32.2. The summed E-state index contributed by atoms with van der Waals surface area (Å²) in [4.78, 5) is 0.323. The molecule has 0 atom stereocenters. The van der Waals surface area contributed by atoms with E-state index in [9.17, 15) is 8.42 Å². The van der Waals surface area contributed by atoms with Gasteiger partial charge in [-0.3, -0.25) is 0 Å². The first-order valence-electron chi connectivity index (χ1n) is 10.8. The Bertz CT molecular complexity index is 1570. The standard InChI is InChI=1S/C30H22O4S/c1-5-23-10-19-29(21(3)20-23)33-25-11-15-27(16-12-25)35(31,32)28-17-13-26(14-18-28)34-30-9-7-8-24(6-2)22(30)4/h1-2,7-20H,3-4H3. The lowest BCUT2D eigenvalue weighted by Gasteiger charge is -2.12. The van der Waals surface area contributed by atoms with Gasteiger partial charge in [-0.15, -0.1) is 12.8 Å². The summed E-state index contributed by atoms with van der Waals surface area (Å²) in [6.45, 7) is 3.78. The Kier molecular flexibility index (Phi) is 6.64. The van der Waals surface area contributed by atoms with Crippen LogP contribution in [0.4, 0.5) is 0 Å². The summed E-state index contributed by atoms with van der Waals surface area (Å²) in [6, 6.07) is 23.5. The highest BCUT2D eigenvalue weighted by Gasteiger charge is 2.18. The Labute approximate surface area is 206 Å². The Hall–Kier alpha value is -4.45. The van der Waals surface area contributed by atoms with Gasteiger partial charge < -0.3 is 9.47 Å². The molecular weight excluding hydrogens is 456 g/mol. The summed E-state index contributed by atoms with van der Waals surface area (Å²) >= 11 is 0. The third-order valence-electron chi connectivity index (χ3n) is 5.50. The van der Waals surface area contributed by atoms with Gasteiger partial charge in [0.25, 0.3) is 0 Å². The van der Waals surface area contributed by atoms with Gasteiger partial charge in [0.2, 0.25) is 9.84 Å². The maximum absolute atomic E-state index is 13.1. The van der Waals surface area contributed by atoms with Crippen molar-refractivity contribution < 1.29 is 17.9 Å². The SMILES string of the molecule is C#Cc1ccc(Oc2ccc(S(=O)(=O)c3ccc(Oc4cccc(C#C)c4C)cc3)cc2)c(C)c1. The molecule has 4 aromatic rings. The molecule has 4 rings (SSSR count). The fourth-order valence-electron chi connectivity index (χ4n) is 3.50. The van der Waals surface area contributed by atoms with E-state index in [1.165, 1.54) is 24.3 Å². The van der Waals surface area contributed by atoms with Crippen LogP contribution in [0, 0.1) is 38.5 Å². The second-order valence-electron chi connectivity index (χ2n) is 7.85. The Morgan fingerprint density at radius 1 is 0.686 bits per heavy atom. The lowest BCUT2D eigenvalue weighted by atomic mass is 10.1. The molecule has 172 valence electrons. The van der Waals surface area contributed by atoms with Crippen LogP contribution in [0.15, 0.2) is 94.7 Å². The number of hydrogen-bond donors (Lipinski definition) is 0. The Morgan fingerprint density at radius 2 is 1.26 bits per heavy atom. The van der Waals surface area contributed by atoms with Gasteiger partial charge in [0.05, 0.1) is 9.79 Å². The van der Waals surface area contributed by atoms with Gasteiger partial charge in [-0.1, -0.05) is 17.9 Å². The highest BCUT2D eigenvalue weighted by Crippen LogP contribution is 2.31. The smallest absolute Gasteiger partial charge is 0.206 e. The van der Waals surface area contributed by atoms with Gasteiger partial charge in [0.1, 0.15) is 23.0 Å². The molecule has 0 bridgehead atoms. The van der Waals surface area contributed by atoms with Gasteiger partial charge in [-0.05, 0) is 98.3 Å². The normalized spacial score (nSPS) is 10.7. The first kappa shape index (κ1) is 23.7. The zero-order valence-corrected chi connectivity index (χ0v) is 20.1. The number of rotatable bonds is 6. The number of benzene rings is 4. The van der Waals surface area contributed by atoms with Crippen molar-refractivity contribution >= 4 is 9.84 Å². The molecule has 4 aromatic carbocycles. The number of terminal acetylenes is 2. The lowest BCUT2D eigenvalue weighted by molar-refractivity contribution is 0.478. The minimum absolute atomic E-state index is 0.160. The van der Waals surface area contributed by atoms with Crippen LogP contribution in [0.3, 0.4) is 0 Å². The molecule has 0 aliphatic heterocycles. The predicted molar refractivity (Wildman–Crippen MR) is 137 cm³/mol. The van der Waals surface area contributed by atoms with Crippen LogP contribution in [-0.4, -0.2) is 8.42 Å². The molecule has 0 heterocycles. The largest absolute Gasteiger partial charge is 0.457 e. The molecule has 0 unspecified atom stereocenters. The summed E-state index contributed by atoms with van der Waals surface area (Å²) in [5, 5.41) is 0. The van der Waals surface area contributed by atoms with E-state index in [-0.39, 0.29) is 9.79 Å². The average Bonchev–Trinajstić information content (AvgIpc) is 2.87. The second-order valence-corrected chi connectivity index (χ2v) is 9.80. The topological polar surface area (TPSA) is 52.6 Å². The number of hydrogen-bond acceptors (Lipinski definition) is 4. The quantitative estimate of drug-likeness (QED) is 0.290. The van der Waals surface area contributed by atoms with Crippen molar-refractivity contribution in [1.82, 2.24) is 0 Å². The molecular formula is C30H22O4S. The van der Waals surface area contributed by atoms with E-state index in [1.807, 2.05) is 38.1 Å². The molecule has 4 nitrogen and oxygen atoms in total. The molecule has 0 radical (unpaired) electrons. The molecule has 35 heavy (non-hydrogen) atoms. The molecule has 0 aliphatic carbocycles. The maximum atomic E-state index is 13.1. The van der Waals surface area contributed by atoms with Crippen molar-refractivity contribution in [2.24, 2.45) is 0 Å². The maximum Gasteiger partial charge on any atom is 0.206 e. The minimum atomic E-state index is -3.71. The first-order chi connectivity index (χ1) is 16.8. The van der Waals surface area contributed by atoms with Crippen LogP contribution in [0.5, 0.6) is 23.0 Å². The van der Waals surface area contributed by atoms with Crippen LogP contribution < -0.4 is 9.47 Å². The number of ether oxygens (including phenoxy) is 2. The second kappa shape index (κ2) is 9.81. The van der Waals surface area contributed by atoms with Crippen LogP contribution in [0.25, 0.3) is 0 Å². The van der Waals surface area contributed by atoms with Crippen molar-refractivity contribution in [1.29, 1.82) is 0 Å². The van der Waals surface area contributed by atoms with Gasteiger partial charge in [-0.2, -0.15) is 0 Å². The summed E-state index contributed by atoms with van der Waals surface area (Å²) in [7, 11) is -3.71. The Morgan fingerprint density at radius 3 is 1.77 bits per heavy atom. The van der Waals surface area contributed by atoms with Gasteiger partial charge in [0, 0.05) is 16.7 Å². The molecule has 0 N–H and O–H groups in total. The monoisotopic (exact) mass is 478 g/mol. The zero-order chi connectivity index (χ0) is 25.0. The highest BCUT2D eigenvalue weighted by molar-refractivity contribution is 7.91. The van der Waals surface area contributed by atoms with Crippen molar-refractivity contribution in [2.75, 3.05) is 0 Å². The predicted octanol–water partition coefficient (Wildman–Crippen LogP) is 6.68. The third-order valence-corrected chi connectivity index (χ3v) is 7.29. The van der Waals surface area contributed by atoms with E-state index < -0.39 is 9.84 Å². The number of sulfone groups is 1. The molecule has 0 spiro atoms. The van der Waals surface area contributed by atoms with Crippen molar-refractivity contribution in [3.8, 4) is 47.7 Å². The third kappa shape index (κ3) is 5.06. The van der Waals surface area contributed by atoms with E-state index >= 15 is 0 Å². The molecule has 0 aliphatic rings. The first-order valence-corrected chi connectivity index (χ1v) is 12.2. The van der Waals surface area contributed by atoms with Gasteiger partial charge >= 0.3 is 0 Å². The fraction of sp³-hybridized carbons (Fsp3) is 0.0667. The van der Waals surface area contributed by atoms with Gasteiger partial charge in [0.15, 0.2) is 0 Å². The van der Waals surface area contributed by atoms with E-state index in [0.717, 1.165) is 22.3 Å². The van der Waals surface area contributed by atoms with Crippen molar-refractivity contribution in [2.45, 2.75) is 23.6 Å². The van der Waals surface area contributed by atoms with Crippen LogP contribution in [-0.2, 0) is 9.84 Å². The molecule has 0 aromatic heterocycles. The summed E-state index contributed by atoms with van der Waals surface area (Å²) < 4.78 is 38.0. The lowest BCUT2D eigenvalue weighted by Crippen LogP contribution is -2.02. The van der Waals surface area contributed by atoms with E-state index in [4.69, 9.17) is 22.3 Å². The van der Waals surface area contributed by atoms with E-state index in [0.29, 0.717) is 23.0 Å². The van der Waals surface area contributed by atoms with Crippen LogP contribution in [0.1, 0.15) is 22.3 Å². The molecule has 0 fully saturated rings. The van der Waals surface area contributed by atoms with Crippen molar-refractivity contribution in [3.05, 3.63) is 107 Å². The van der Waals surface area contributed by atoms with Crippen molar-refractivity contribution in [3.63, 3.8) is 0 Å². The summed E-state index contributed by atoms with van der Waals surface area (Å²) in [5.74, 6) is 7.51.